The molecule has 0 saturated carbocycles. The van der Waals surface area contributed by atoms with Gasteiger partial charge in [-0.25, -0.2) is 4.79 Å². The van der Waals surface area contributed by atoms with Crippen LogP contribution in [0.15, 0.2) is 48.5 Å². The van der Waals surface area contributed by atoms with Gasteiger partial charge in [-0.2, -0.15) is 0 Å². The van der Waals surface area contributed by atoms with E-state index in [2.05, 4.69) is 21.6 Å². The van der Waals surface area contributed by atoms with E-state index in [1.807, 2.05) is 49.4 Å². The van der Waals surface area contributed by atoms with Crippen molar-refractivity contribution in [1.29, 1.82) is 0 Å². The Morgan fingerprint density at radius 1 is 1.00 bits per heavy atom. The third-order valence-corrected chi connectivity index (χ3v) is 5.75. The minimum Gasteiger partial charge on any atom is -0.486 e. The average molecular weight is 410 g/mol. The molecule has 160 valence electrons. The Hall–Kier alpha value is -2.73. The van der Waals surface area contributed by atoms with Crippen LogP contribution in [0.2, 0.25) is 0 Å². The fraction of sp³-hybridized carbons (Fsp3) is 0.458. The van der Waals surface area contributed by atoms with Crippen LogP contribution in [0.3, 0.4) is 0 Å². The zero-order valence-electron chi connectivity index (χ0n) is 17.6. The van der Waals surface area contributed by atoms with Crippen molar-refractivity contribution >= 4 is 6.03 Å². The molecule has 0 radical (unpaired) electrons. The first-order valence-corrected chi connectivity index (χ1v) is 10.9. The second kappa shape index (κ2) is 9.85. The molecule has 6 heteroatoms. The second-order valence-corrected chi connectivity index (χ2v) is 8.14. The first-order chi connectivity index (χ1) is 14.7. The van der Waals surface area contributed by atoms with E-state index in [0.29, 0.717) is 13.2 Å². The number of ether oxygens (including phenoxy) is 2. The van der Waals surface area contributed by atoms with Crippen LogP contribution >= 0.6 is 0 Å². The van der Waals surface area contributed by atoms with Crippen LogP contribution in [0, 0.1) is 0 Å². The normalized spacial score (nSPS) is 17.9. The van der Waals surface area contributed by atoms with Gasteiger partial charge in [0, 0.05) is 12.6 Å². The number of nitrogens with zero attached hydrogens (tertiary/aromatic N) is 1. The molecule has 2 heterocycles. The molecule has 1 fully saturated rings. The summed E-state index contributed by atoms with van der Waals surface area (Å²) < 4.78 is 11.4. The summed E-state index contributed by atoms with van der Waals surface area (Å²) in [5, 5.41) is 6.28. The zero-order valence-corrected chi connectivity index (χ0v) is 17.6. The minimum absolute atomic E-state index is 0.0219. The molecule has 2 amide bonds. The molecule has 30 heavy (non-hydrogen) atoms. The maximum Gasteiger partial charge on any atom is 0.315 e. The van der Waals surface area contributed by atoms with E-state index < -0.39 is 0 Å². The number of hydrogen-bond acceptors (Lipinski definition) is 4. The molecule has 2 aliphatic heterocycles. The third-order valence-electron chi connectivity index (χ3n) is 5.75. The van der Waals surface area contributed by atoms with Crippen LogP contribution in [-0.2, 0) is 6.42 Å². The summed E-state index contributed by atoms with van der Waals surface area (Å²) in [6.45, 7) is 6.21. The van der Waals surface area contributed by atoms with Crippen molar-refractivity contribution in [2.75, 3.05) is 32.8 Å². The summed E-state index contributed by atoms with van der Waals surface area (Å²) in [4.78, 5) is 15.2. The van der Waals surface area contributed by atoms with E-state index >= 15 is 0 Å². The first kappa shape index (κ1) is 20.5. The van der Waals surface area contributed by atoms with Gasteiger partial charge in [-0.3, -0.25) is 0 Å². The smallest absolute Gasteiger partial charge is 0.315 e. The summed E-state index contributed by atoms with van der Waals surface area (Å²) in [6, 6.07) is 15.9. The molecule has 2 atom stereocenters. The van der Waals surface area contributed by atoms with Gasteiger partial charge in [0.15, 0.2) is 11.5 Å². The van der Waals surface area contributed by atoms with Gasteiger partial charge in [0.05, 0.1) is 6.04 Å². The average Bonchev–Trinajstić information content (AvgIpc) is 3.27. The van der Waals surface area contributed by atoms with Crippen molar-refractivity contribution in [1.82, 2.24) is 15.5 Å². The Bertz CT molecular complexity index is 837. The van der Waals surface area contributed by atoms with Crippen LogP contribution in [0.25, 0.3) is 0 Å². The van der Waals surface area contributed by atoms with Gasteiger partial charge in [0.25, 0.3) is 0 Å². The van der Waals surface area contributed by atoms with E-state index in [4.69, 9.17) is 9.47 Å². The molecule has 6 nitrogen and oxygen atoms in total. The van der Waals surface area contributed by atoms with Crippen molar-refractivity contribution in [3.8, 4) is 11.5 Å². The lowest BCUT2D eigenvalue weighted by atomic mass is 10.0. The van der Waals surface area contributed by atoms with E-state index in [1.165, 1.54) is 12.8 Å². The van der Waals surface area contributed by atoms with Crippen molar-refractivity contribution in [3.05, 3.63) is 59.7 Å². The van der Waals surface area contributed by atoms with Crippen LogP contribution in [-0.4, -0.2) is 49.8 Å². The maximum atomic E-state index is 12.7. The molecule has 2 aliphatic rings. The van der Waals surface area contributed by atoms with Crippen LogP contribution < -0.4 is 20.1 Å². The van der Waals surface area contributed by atoms with Crippen molar-refractivity contribution in [2.24, 2.45) is 0 Å². The number of fused-ring (bicyclic) bond motifs is 1. The highest BCUT2D eigenvalue weighted by Gasteiger charge is 2.21. The molecule has 1 unspecified atom stereocenters. The SMILES string of the molecule is C[C@@H](NC(=O)NC(Cc1ccc2c(c1)OCCO2)CN1CCCC1)c1ccccc1. The van der Waals surface area contributed by atoms with Gasteiger partial charge in [-0.15, -0.1) is 0 Å². The highest BCUT2D eigenvalue weighted by molar-refractivity contribution is 5.74. The maximum absolute atomic E-state index is 12.7. The van der Waals surface area contributed by atoms with Crippen LogP contribution in [0.5, 0.6) is 11.5 Å². The largest absolute Gasteiger partial charge is 0.486 e. The quantitative estimate of drug-likeness (QED) is 0.734. The second-order valence-electron chi connectivity index (χ2n) is 8.14. The lowest BCUT2D eigenvalue weighted by molar-refractivity contribution is 0.171. The summed E-state index contributed by atoms with van der Waals surface area (Å²) in [6.07, 6.45) is 3.21. The number of carbonyl (C=O) groups is 1. The number of carbonyl (C=O) groups excluding carboxylic acids is 1. The van der Waals surface area contributed by atoms with Crippen molar-refractivity contribution < 1.29 is 14.3 Å². The third kappa shape index (κ3) is 5.45. The number of amides is 2. The molecular formula is C24H31N3O3. The summed E-state index contributed by atoms with van der Waals surface area (Å²) in [7, 11) is 0. The fourth-order valence-corrected chi connectivity index (χ4v) is 4.19. The van der Waals surface area contributed by atoms with Gasteiger partial charge < -0.3 is 25.0 Å². The number of likely N-dealkylation sites (tertiary alicyclic amines) is 1. The predicted molar refractivity (Wildman–Crippen MR) is 117 cm³/mol. The van der Waals surface area contributed by atoms with Gasteiger partial charge in [0.2, 0.25) is 0 Å². The Balaban J connectivity index is 1.40. The van der Waals surface area contributed by atoms with E-state index in [-0.39, 0.29) is 18.1 Å². The lowest BCUT2D eigenvalue weighted by Crippen LogP contribution is -2.48. The standard InChI is InChI=1S/C24H31N3O3/c1-18(20-7-3-2-4-8-20)25-24(28)26-21(17-27-11-5-6-12-27)15-19-9-10-22-23(16-19)30-14-13-29-22/h2-4,7-10,16,18,21H,5-6,11-15,17H2,1H3,(H2,25,26,28)/t18-,21?/m1/s1. The highest BCUT2D eigenvalue weighted by Crippen LogP contribution is 2.31. The van der Waals surface area contributed by atoms with Crippen molar-refractivity contribution in [3.63, 3.8) is 0 Å². The molecule has 2 N–H and O–H groups in total. The molecule has 2 aromatic carbocycles. The van der Waals surface area contributed by atoms with E-state index in [9.17, 15) is 4.79 Å². The summed E-state index contributed by atoms with van der Waals surface area (Å²) >= 11 is 0. The summed E-state index contributed by atoms with van der Waals surface area (Å²) in [5.41, 5.74) is 2.23. The Morgan fingerprint density at radius 3 is 2.50 bits per heavy atom. The number of benzene rings is 2. The molecular weight excluding hydrogens is 378 g/mol. The Labute approximate surface area is 178 Å². The zero-order chi connectivity index (χ0) is 20.8. The number of hydrogen-bond donors (Lipinski definition) is 2. The lowest BCUT2D eigenvalue weighted by Gasteiger charge is -2.26. The Kier molecular flexibility index (Phi) is 6.74. The fourth-order valence-electron chi connectivity index (χ4n) is 4.19. The Morgan fingerprint density at radius 2 is 1.73 bits per heavy atom. The monoisotopic (exact) mass is 409 g/mol. The van der Waals surface area contributed by atoms with E-state index in [0.717, 1.165) is 48.7 Å². The van der Waals surface area contributed by atoms with Gasteiger partial charge >= 0.3 is 6.03 Å². The van der Waals surface area contributed by atoms with Crippen molar-refractivity contribution in [2.45, 2.75) is 38.3 Å². The van der Waals surface area contributed by atoms with E-state index in [1.54, 1.807) is 0 Å². The first-order valence-electron chi connectivity index (χ1n) is 10.9. The topological polar surface area (TPSA) is 62.8 Å². The number of nitrogens with one attached hydrogen (secondary N) is 2. The minimum atomic E-state index is -0.131. The number of urea groups is 1. The van der Waals surface area contributed by atoms with Gasteiger partial charge in [-0.1, -0.05) is 36.4 Å². The number of rotatable bonds is 7. The molecule has 4 rings (SSSR count). The van der Waals surface area contributed by atoms with Gasteiger partial charge in [0.1, 0.15) is 13.2 Å². The molecule has 0 aromatic heterocycles. The highest BCUT2D eigenvalue weighted by atomic mass is 16.6. The van der Waals surface area contributed by atoms with Crippen LogP contribution in [0.4, 0.5) is 4.79 Å². The molecule has 0 aliphatic carbocycles. The predicted octanol–water partition coefficient (Wildman–Crippen LogP) is 3.53. The van der Waals surface area contributed by atoms with Gasteiger partial charge in [-0.05, 0) is 62.5 Å². The molecule has 2 aromatic rings. The summed E-state index contributed by atoms with van der Waals surface area (Å²) in [5.74, 6) is 1.59. The molecule has 0 spiro atoms. The molecule has 0 bridgehead atoms. The van der Waals surface area contributed by atoms with Crippen LogP contribution in [0.1, 0.15) is 36.9 Å². The molecule has 1 saturated heterocycles.